The Morgan fingerprint density at radius 3 is 2.19 bits per heavy atom. The van der Waals surface area contributed by atoms with Crippen LogP contribution in [0, 0.1) is 24.6 Å². The van der Waals surface area contributed by atoms with Crippen molar-refractivity contribution in [1.82, 2.24) is 0 Å². The molecule has 0 aromatic heterocycles. The molecule has 0 saturated heterocycles. The van der Waals surface area contributed by atoms with Crippen LogP contribution in [-0.4, -0.2) is 6.18 Å². The third-order valence-electron chi connectivity index (χ3n) is 6.29. The van der Waals surface area contributed by atoms with Crippen LogP contribution in [0.1, 0.15) is 56.1 Å². The molecule has 0 amide bonds. The van der Waals surface area contributed by atoms with Crippen molar-refractivity contribution in [2.45, 2.75) is 64.5 Å². The second-order valence-corrected chi connectivity index (χ2v) is 8.71. The lowest BCUT2D eigenvalue weighted by molar-refractivity contribution is -0.109. The largest absolute Gasteiger partial charge is 0.442 e. The highest BCUT2D eigenvalue weighted by Crippen LogP contribution is 2.36. The molecule has 0 N–H and O–H groups in total. The zero-order valence-corrected chi connectivity index (χ0v) is 17.8. The molecule has 3 rings (SSSR count). The number of rotatable bonds is 7. The molecule has 0 aliphatic heterocycles. The standard InChI is InChI=1S/C26H29F5/c1-18-6-12-21(13-7-18)23-15-14-22(24(27)17-23)5-3-2-4-19-8-10-20(11-9-19)16-25(28)26(29,30)31/h6-7,12-17,19-20H,2-5,8-11H2,1H3. The molecule has 0 unspecified atom stereocenters. The number of aryl methyl sites for hydroxylation is 2. The van der Waals surface area contributed by atoms with Gasteiger partial charge in [-0.25, -0.2) is 8.78 Å². The van der Waals surface area contributed by atoms with E-state index in [0.29, 0.717) is 30.7 Å². The topological polar surface area (TPSA) is 0 Å². The van der Waals surface area contributed by atoms with Gasteiger partial charge >= 0.3 is 6.18 Å². The molecule has 0 radical (unpaired) electrons. The number of hydrogen-bond donors (Lipinski definition) is 0. The second-order valence-electron chi connectivity index (χ2n) is 8.71. The molecule has 1 fully saturated rings. The first-order chi connectivity index (χ1) is 14.7. The van der Waals surface area contributed by atoms with Crippen molar-refractivity contribution in [2.24, 2.45) is 11.8 Å². The van der Waals surface area contributed by atoms with Gasteiger partial charge in [-0.15, -0.1) is 0 Å². The maximum absolute atomic E-state index is 14.5. The molecule has 0 nitrogen and oxygen atoms in total. The lowest BCUT2D eigenvalue weighted by Crippen LogP contribution is -2.15. The minimum absolute atomic E-state index is 0.183. The van der Waals surface area contributed by atoms with E-state index in [0.717, 1.165) is 49.3 Å². The van der Waals surface area contributed by atoms with Crippen LogP contribution in [0.4, 0.5) is 22.0 Å². The zero-order valence-electron chi connectivity index (χ0n) is 17.8. The molecule has 0 bridgehead atoms. The summed E-state index contributed by atoms with van der Waals surface area (Å²) in [6, 6.07) is 13.4. The van der Waals surface area contributed by atoms with Crippen molar-refractivity contribution in [3.63, 3.8) is 0 Å². The Balaban J connectivity index is 1.41. The molecule has 2 aromatic rings. The third kappa shape index (κ3) is 6.91. The van der Waals surface area contributed by atoms with Crippen molar-refractivity contribution in [3.05, 3.63) is 71.3 Å². The predicted octanol–water partition coefficient (Wildman–Crippen LogP) is 8.74. The summed E-state index contributed by atoms with van der Waals surface area (Å²) >= 11 is 0. The fraction of sp³-hybridized carbons (Fsp3) is 0.462. The van der Waals surface area contributed by atoms with Crippen molar-refractivity contribution < 1.29 is 22.0 Å². The molecule has 0 spiro atoms. The summed E-state index contributed by atoms with van der Waals surface area (Å²) in [5.41, 5.74) is 3.75. The van der Waals surface area contributed by atoms with E-state index in [9.17, 15) is 22.0 Å². The lowest BCUT2D eigenvalue weighted by atomic mass is 9.79. The van der Waals surface area contributed by atoms with Crippen molar-refractivity contribution in [2.75, 3.05) is 0 Å². The summed E-state index contributed by atoms with van der Waals surface area (Å²) in [6.07, 6.45) is 2.23. The maximum Gasteiger partial charge on any atom is 0.442 e. The van der Waals surface area contributed by atoms with Gasteiger partial charge < -0.3 is 0 Å². The molecule has 1 saturated carbocycles. The average molecular weight is 437 g/mol. The monoisotopic (exact) mass is 436 g/mol. The van der Waals surface area contributed by atoms with Gasteiger partial charge in [-0.3, -0.25) is 0 Å². The van der Waals surface area contributed by atoms with Gasteiger partial charge in [0, 0.05) is 0 Å². The van der Waals surface area contributed by atoms with E-state index < -0.39 is 12.0 Å². The quantitative estimate of drug-likeness (QED) is 0.301. The number of halogens is 5. The van der Waals surface area contributed by atoms with Crippen LogP contribution in [0.25, 0.3) is 11.1 Å². The van der Waals surface area contributed by atoms with Crippen LogP contribution in [0.15, 0.2) is 54.4 Å². The van der Waals surface area contributed by atoms with Crippen LogP contribution >= 0.6 is 0 Å². The molecule has 1 aliphatic rings. The Hall–Kier alpha value is -2.17. The SMILES string of the molecule is Cc1ccc(-c2ccc(CCCCC3CCC(C=C(F)C(F)(F)F)CC3)c(F)c2)cc1. The Morgan fingerprint density at radius 1 is 0.935 bits per heavy atom. The summed E-state index contributed by atoms with van der Waals surface area (Å²) in [5, 5.41) is 0. The summed E-state index contributed by atoms with van der Waals surface area (Å²) < 4.78 is 64.5. The first-order valence-corrected chi connectivity index (χ1v) is 11.0. The zero-order chi connectivity index (χ0) is 22.4. The molecule has 0 atom stereocenters. The maximum atomic E-state index is 14.5. The summed E-state index contributed by atoms with van der Waals surface area (Å²) in [4.78, 5) is 0. The van der Waals surface area contributed by atoms with Crippen LogP contribution < -0.4 is 0 Å². The molecular weight excluding hydrogens is 407 g/mol. The highest BCUT2D eigenvalue weighted by atomic mass is 19.4. The van der Waals surface area contributed by atoms with Gasteiger partial charge in [0.05, 0.1) is 0 Å². The summed E-state index contributed by atoms with van der Waals surface area (Å²) in [6.45, 7) is 2.02. The van der Waals surface area contributed by atoms with Crippen molar-refractivity contribution >= 4 is 0 Å². The Morgan fingerprint density at radius 2 is 1.58 bits per heavy atom. The van der Waals surface area contributed by atoms with Crippen molar-refractivity contribution in [3.8, 4) is 11.1 Å². The fourth-order valence-corrected chi connectivity index (χ4v) is 4.37. The third-order valence-corrected chi connectivity index (χ3v) is 6.29. The fourth-order valence-electron chi connectivity index (χ4n) is 4.37. The van der Waals surface area contributed by atoms with E-state index in [1.54, 1.807) is 6.07 Å². The van der Waals surface area contributed by atoms with Crippen LogP contribution in [0.2, 0.25) is 0 Å². The highest BCUT2D eigenvalue weighted by Gasteiger charge is 2.35. The van der Waals surface area contributed by atoms with E-state index in [2.05, 4.69) is 0 Å². The van der Waals surface area contributed by atoms with E-state index in [4.69, 9.17) is 0 Å². The number of unbranched alkanes of at least 4 members (excludes halogenated alkanes) is 1. The molecule has 168 valence electrons. The van der Waals surface area contributed by atoms with Crippen molar-refractivity contribution in [1.29, 1.82) is 0 Å². The minimum Gasteiger partial charge on any atom is -0.207 e. The van der Waals surface area contributed by atoms with E-state index in [1.807, 2.05) is 43.3 Å². The summed E-state index contributed by atoms with van der Waals surface area (Å²) in [5.74, 6) is -2.00. The molecule has 1 aliphatic carbocycles. The second kappa shape index (κ2) is 10.4. The number of hydrogen-bond acceptors (Lipinski definition) is 0. The predicted molar refractivity (Wildman–Crippen MR) is 115 cm³/mol. The highest BCUT2D eigenvalue weighted by molar-refractivity contribution is 5.64. The Kier molecular flexibility index (Phi) is 7.90. The van der Waals surface area contributed by atoms with Crippen LogP contribution in [0.5, 0.6) is 0 Å². The number of benzene rings is 2. The van der Waals surface area contributed by atoms with Gasteiger partial charge in [-0.05, 0) is 86.1 Å². The summed E-state index contributed by atoms with van der Waals surface area (Å²) in [7, 11) is 0. The van der Waals surface area contributed by atoms with E-state index in [-0.39, 0.29) is 11.7 Å². The molecule has 31 heavy (non-hydrogen) atoms. The molecule has 5 heteroatoms. The van der Waals surface area contributed by atoms with Gasteiger partial charge in [0.1, 0.15) is 5.82 Å². The number of alkyl halides is 3. The van der Waals surface area contributed by atoms with Crippen LogP contribution in [0.3, 0.4) is 0 Å². The normalized spacial score (nSPS) is 20.1. The first-order valence-electron chi connectivity index (χ1n) is 11.0. The lowest BCUT2D eigenvalue weighted by Gasteiger charge is -2.27. The Bertz CT molecular complexity index is 872. The molecular formula is C26H29F5. The first kappa shape index (κ1) is 23.5. The van der Waals surface area contributed by atoms with E-state index >= 15 is 0 Å². The Labute approximate surface area is 181 Å². The van der Waals surface area contributed by atoms with Crippen LogP contribution in [-0.2, 0) is 6.42 Å². The van der Waals surface area contributed by atoms with Gasteiger partial charge in [-0.2, -0.15) is 13.2 Å². The van der Waals surface area contributed by atoms with Gasteiger partial charge in [0.15, 0.2) is 5.83 Å². The van der Waals surface area contributed by atoms with E-state index in [1.165, 1.54) is 5.56 Å². The minimum atomic E-state index is -4.87. The smallest absolute Gasteiger partial charge is 0.207 e. The average Bonchev–Trinajstić information content (AvgIpc) is 2.73. The molecule has 2 aromatic carbocycles. The van der Waals surface area contributed by atoms with Gasteiger partial charge in [0.25, 0.3) is 0 Å². The molecule has 0 heterocycles. The van der Waals surface area contributed by atoms with Gasteiger partial charge in [0.2, 0.25) is 0 Å². The number of allylic oxidation sites excluding steroid dienone is 2. The van der Waals surface area contributed by atoms with Gasteiger partial charge in [-0.1, -0.05) is 54.8 Å².